The minimum atomic E-state index is -0.299. The summed E-state index contributed by atoms with van der Waals surface area (Å²) in [5.74, 6) is 0.458. The maximum atomic E-state index is 12.6. The monoisotopic (exact) mass is 450 g/mol. The van der Waals surface area contributed by atoms with Gasteiger partial charge in [-0.05, 0) is 36.6 Å². The molecule has 1 aromatic heterocycles. The normalized spacial score (nSPS) is 12.5. The van der Waals surface area contributed by atoms with Crippen molar-refractivity contribution >= 4 is 28.7 Å². The Balaban J connectivity index is 1.30. The van der Waals surface area contributed by atoms with Gasteiger partial charge in [0.2, 0.25) is 17.8 Å². The van der Waals surface area contributed by atoms with Crippen LogP contribution in [-0.2, 0) is 22.6 Å². The number of anilines is 1. The van der Waals surface area contributed by atoms with E-state index in [-0.39, 0.29) is 36.5 Å². The van der Waals surface area contributed by atoms with Gasteiger partial charge in [-0.25, -0.2) is 4.98 Å². The van der Waals surface area contributed by atoms with E-state index >= 15 is 0 Å². The van der Waals surface area contributed by atoms with Crippen LogP contribution in [0, 0.1) is 0 Å². The molecule has 2 N–H and O–H groups in total. The van der Waals surface area contributed by atoms with Gasteiger partial charge in [-0.2, -0.15) is 0 Å². The molecule has 0 bridgehead atoms. The molecule has 9 heteroatoms. The lowest BCUT2D eigenvalue weighted by molar-refractivity contribution is -0.132. The Hall–Kier alpha value is -3.72. The molecule has 172 valence electrons. The van der Waals surface area contributed by atoms with Crippen LogP contribution < -0.4 is 15.6 Å². The fourth-order valence-electron chi connectivity index (χ4n) is 3.80. The van der Waals surface area contributed by atoms with Gasteiger partial charge in [0.25, 0.3) is 5.56 Å². The van der Waals surface area contributed by atoms with E-state index in [1.54, 1.807) is 23.1 Å². The molecule has 0 atom stereocenters. The molecule has 1 aliphatic rings. The summed E-state index contributed by atoms with van der Waals surface area (Å²) in [5.41, 5.74) is 1.32. The van der Waals surface area contributed by atoms with Crippen LogP contribution in [-0.4, -0.2) is 57.7 Å². The molecule has 0 saturated heterocycles. The van der Waals surface area contributed by atoms with Gasteiger partial charge >= 0.3 is 0 Å². The van der Waals surface area contributed by atoms with Crippen molar-refractivity contribution in [3.63, 3.8) is 0 Å². The van der Waals surface area contributed by atoms with Gasteiger partial charge in [0.15, 0.2) is 0 Å². The van der Waals surface area contributed by atoms with Gasteiger partial charge in [-0.15, -0.1) is 0 Å². The first-order chi connectivity index (χ1) is 16.0. The summed E-state index contributed by atoms with van der Waals surface area (Å²) in [4.78, 5) is 42.8. The second kappa shape index (κ2) is 10.3. The maximum absolute atomic E-state index is 12.6. The highest BCUT2D eigenvalue weighted by Gasteiger charge is 2.21. The smallest absolute Gasteiger partial charge is 0.263 e. The zero-order chi connectivity index (χ0) is 23.2. The third kappa shape index (κ3) is 5.38. The minimum Gasteiger partial charge on any atom is -0.494 e. The predicted molar refractivity (Wildman–Crippen MR) is 123 cm³/mol. The molecule has 33 heavy (non-hydrogen) atoms. The van der Waals surface area contributed by atoms with Crippen molar-refractivity contribution in [1.82, 2.24) is 14.5 Å². The van der Waals surface area contributed by atoms with Crippen LogP contribution in [0.15, 0.2) is 53.3 Å². The van der Waals surface area contributed by atoms with Gasteiger partial charge < -0.3 is 14.7 Å². The summed E-state index contributed by atoms with van der Waals surface area (Å²) in [5, 5.41) is 12.2. The molecule has 1 aliphatic heterocycles. The van der Waals surface area contributed by atoms with E-state index in [9.17, 15) is 19.5 Å². The van der Waals surface area contributed by atoms with Crippen LogP contribution in [0.3, 0.4) is 0 Å². The van der Waals surface area contributed by atoms with E-state index in [1.165, 1.54) is 4.57 Å². The molecule has 0 radical (unpaired) electrons. The molecule has 0 fully saturated rings. The molecular formula is C24H26N4O5. The highest BCUT2D eigenvalue weighted by Crippen LogP contribution is 2.20. The molecule has 0 aliphatic carbocycles. The van der Waals surface area contributed by atoms with E-state index in [0.29, 0.717) is 49.2 Å². The maximum Gasteiger partial charge on any atom is 0.263 e. The van der Waals surface area contributed by atoms with Crippen LogP contribution in [0.2, 0.25) is 0 Å². The molecule has 0 saturated carbocycles. The van der Waals surface area contributed by atoms with Gasteiger partial charge in [-0.1, -0.05) is 30.3 Å². The van der Waals surface area contributed by atoms with E-state index in [2.05, 4.69) is 10.3 Å². The van der Waals surface area contributed by atoms with Gasteiger partial charge in [0.1, 0.15) is 12.3 Å². The molecule has 9 nitrogen and oxygen atoms in total. The van der Waals surface area contributed by atoms with Crippen molar-refractivity contribution in [3.8, 4) is 5.75 Å². The molecule has 3 aromatic rings. The summed E-state index contributed by atoms with van der Waals surface area (Å²) in [7, 11) is 0. The van der Waals surface area contributed by atoms with Crippen LogP contribution in [0.4, 0.5) is 5.95 Å². The zero-order valence-electron chi connectivity index (χ0n) is 18.2. The number of ether oxygens (including phenoxy) is 1. The number of nitrogens with one attached hydrogen (secondary N) is 1. The van der Waals surface area contributed by atoms with E-state index < -0.39 is 0 Å². The highest BCUT2D eigenvalue weighted by molar-refractivity contribution is 5.94. The van der Waals surface area contributed by atoms with E-state index in [0.717, 1.165) is 12.0 Å². The number of carbonyl (C=O) groups is 2. The number of aliphatic hydroxyl groups is 1. The Labute approximate surface area is 190 Å². The first kappa shape index (κ1) is 22.5. The topological polar surface area (TPSA) is 114 Å². The summed E-state index contributed by atoms with van der Waals surface area (Å²) >= 11 is 0. The van der Waals surface area contributed by atoms with Crippen molar-refractivity contribution in [2.24, 2.45) is 0 Å². The van der Waals surface area contributed by atoms with E-state index in [4.69, 9.17) is 4.74 Å². The van der Waals surface area contributed by atoms with Crippen molar-refractivity contribution < 1.29 is 19.4 Å². The zero-order valence-corrected chi connectivity index (χ0v) is 18.2. The summed E-state index contributed by atoms with van der Waals surface area (Å²) in [6, 6.07) is 14.9. The van der Waals surface area contributed by atoms with Crippen molar-refractivity contribution in [2.45, 2.75) is 25.8 Å². The van der Waals surface area contributed by atoms with Crippen LogP contribution in [0.5, 0.6) is 5.75 Å². The Morgan fingerprint density at radius 2 is 1.97 bits per heavy atom. The first-order valence-corrected chi connectivity index (χ1v) is 10.9. The molecular weight excluding hydrogens is 424 g/mol. The van der Waals surface area contributed by atoms with Crippen LogP contribution >= 0.6 is 0 Å². The molecule has 0 spiro atoms. The number of aliphatic hydroxyl groups excluding tert-OH is 1. The Morgan fingerprint density at radius 1 is 1.15 bits per heavy atom. The fourth-order valence-corrected chi connectivity index (χ4v) is 3.80. The van der Waals surface area contributed by atoms with Crippen LogP contribution in [0.1, 0.15) is 18.4 Å². The Kier molecular flexibility index (Phi) is 6.99. The number of carbonyl (C=O) groups excluding carboxylic acids is 2. The highest BCUT2D eigenvalue weighted by atomic mass is 16.5. The molecule has 0 unspecified atom stereocenters. The number of hydrogen-bond acceptors (Lipinski definition) is 6. The van der Waals surface area contributed by atoms with E-state index in [1.807, 2.05) is 30.3 Å². The largest absolute Gasteiger partial charge is 0.494 e. The molecule has 2 amide bonds. The third-order valence-corrected chi connectivity index (χ3v) is 5.52. The average molecular weight is 450 g/mol. The Bertz CT molecular complexity index is 1210. The first-order valence-electron chi connectivity index (χ1n) is 10.9. The standard InChI is InChI=1S/C24H26N4O5/c29-13-12-27(11-10-17-5-2-1-3-6-17)22(31)7-4-14-33-18-8-9-20-19(15-18)23(32)28-16-21(30)26-24(28)25-20/h1-3,5-6,8-9,15,29H,4,7,10-14,16H2,(H,25,26,30). The number of aromatic nitrogens is 2. The summed E-state index contributed by atoms with van der Waals surface area (Å²) in [6.07, 6.45) is 1.53. The minimum absolute atomic E-state index is 0.0303. The lowest BCUT2D eigenvalue weighted by Gasteiger charge is -2.22. The lowest BCUT2D eigenvalue weighted by Crippen LogP contribution is -2.35. The second-order valence-corrected chi connectivity index (χ2v) is 7.85. The van der Waals surface area contributed by atoms with Crippen LogP contribution in [0.25, 0.3) is 10.9 Å². The van der Waals surface area contributed by atoms with Gasteiger partial charge in [-0.3, -0.25) is 24.3 Å². The predicted octanol–water partition coefficient (Wildman–Crippen LogP) is 1.57. The Morgan fingerprint density at radius 3 is 2.76 bits per heavy atom. The molecule has 2 aromatic carbocycles. The number of rotatable bonds is 10. The van der Waals surface area contributed by atoms with Crippen molar-refractivity contribution in [1.29, 1.82) is 0 Å². The summed E-state index contributed by atoms with van der Waals surface area (Å²) < 4.78 is 7.05. The molecule has 2 heterocycles. The quantitative estimate of drug-likeness (QED) is 0.454. The second-order valence-electron chi connectivity index (χ2n) is 7.85. The lowest BCUT2D eigenvalue weighted by atomic mass is 10.1. The number of hydrogen-bond donors (Lipinski definition) is 2. The van der Waals surface area contributed by atoms with Crippen molar-refractivity contribution in [3.05, 3.63) is 64.4 Å². The number of amides is 2. The third-order valence-electron chi connectivity index (χ3n) is 5.52. The molecule has 4 rings (SSSR count). The summed E-state index contributed by atoms with van der Waals surface area (Å²) in [6.45, 7) is 1.04. The number of benzene rings is 2. The SMILES string of the molecule is O=C1Cn2c(nc3ccc(OCCCC(=O)N(CCO)CCc4ccccc4)cc3c2=O)N1. The average Bonchev–Trinajstić information content (AvgIpc) is 3.21. The van der Waals surface area contributed by atoms with Gasteiger partial charge in [0, 0.05) is 19.5 Å². The number of nitrogens with zero attached hydrogens (tertiary/aromatic N) is 3. The van der Waals surface area contributed by atoms with Gasteiger partial charge in [0.05, 0.1) is 24.1 Å². The number of fused-ring (bicyclic) bond motifs is 2. The van der Waals surface area contributed by atoms with Crippen molar-refractivity contribution in [2.75, 3.05) is 31.6 Å². The fraction of sp³-hybridized carbons (Fsp3) is 0.333.